The van der Waals surface area contributed by atoms with E-state index >= 15 is 0 Å². The number of ether oxygens (including phenoxy) is 1. The van der Waals surface area contributed by atoms with Crippen LogP contribution in [0.25, 0.3) is 0 Å². The van der Waals surface area contributed by atoms with Crippen LogP contribution in [0.3, 0.4) is 0 Å². The van der Waals surface area contributed by atoms with Gasteiger partial charge in [-0.1, -0.05) is 54.1 Å². The van der Waals surface area contributed by atoms with Crippen molar-refractivity contribution in [2.24, 2.45) is 0 Å². The third-order valence-corrected chi connectivity index (χ3v) is 4.48. The molecule has 4 nitrogen and oxygen atoms in total. The smallest absolute Gasteiger partial charge is 0.221 e. The molecule has 2 N–H and O–H groups in total. The van der Waals surface area contributed by atoms with Gasteiger partial charge in [0.2, 0.25) is 5.91 Å². The third-order valence-electron chi connectivity index (χ3n) is 4.23. The number of para-hydroxylation sites is 3. The Labute approximate surface area is 176 Å². The fourth-order valence-corrected chi connectivity index (χ4v) is 3.09. The molecule has 0 saturated heterocycles. The minimum absolute atomic E-state index is 0.108. The molecule has 0 spiro atoms. The average Bonchev–Trinajstić information content (AvgIpc) is 2.71. The van der Waals surface area contributed by atoms with E-state index in [2.05, 4.69) is 10.6 Å². The van der Waals surface area contributed by atoms with E-state index in [1.54, 1.807) is 12.1 Å². The van der Waals surface area contributed by atoms with Gasteiger partial charge >= 0.3 is 0 Å². The van der Waals surface area contributed by atoms with Gasteiger partial charge in [0, 0.05) is 23.2 Å². The Bertz CT molecular complexity index is 1000. The Kier molecular flexibility index (Phi) is 6.93. The summed E-state index contributed by atoms with van der Waals surface area (Å²) < 4.78 is 6.06. The van der Waals surface area contributed by atoms with E-state index in [0.717, 1.165) is 16.9 Å². The van der Waals surface area contributed by atoms with Gasteiger partial charge in [0.15, 0.2) is 5.75 Å². The molecule has 5 heteroatoms. The van der Waals surface area contributed by atoms with Crippen LogP contribution in [0.5, 0.6) is 11.5 Å². The Morgan fingerprint density at radius 1 is 0.966 bits per heavy atom. The highest BCUT2D eigenvalue weighted by Crippen LogP contribution is 2.34. The number of carbonyl (C=O) groups excluding carboxylic acids is 1. The molecule has 3 aromatic rings. The largest absolute Gasteiger partial charge is 0.455 e. The van der Waals surface area contributed by atoms with Gasteiger partial charge in [0.1, 0.15) is 5.75 Å². The monoisotopic (exact) mass is 406 g/mol. The van der Waals surface area contributed by atoms with Crippen molar-refractivity contribution < 1.29 is 9.53 Å². The molecule has 1 amide bonds. The van der Waals surface area contributed by atoms with Crippen LogP contribution in [0.2, 0.25) is 5.02 Å². The number of benzene rings is 3. The predicted molar refractivity (Wildman–Crippen MR) is 120 cm³/mol. The normalized spacial score (nSPS) is 11.8. The van der Waals surface area contributed by atoms with Gasteiger partial charge < -0.3 is 15.4 Å². The summed E-state index contributed by atoms with van der Waals surface area (Å²) in [6.45, 7) is 3.47. The summed E-state index contributed by atoms with van der Waals surface area (Å²) in [6.07, 6.45) is 4.02. The standard InChI is InChI=1S/C24H23ClN2O2/c1-3-8-21(20-9-4-5-10-22(20)26-17(2)28)27-23-11-6-7-12-24(23)29-19-15-13-18(25)14-16-19/h3-16,21,27H,1-2H3,(H,26,28)/b8-3+. The van der Waals surface area contributed by atoms with E-state index in [4.69, 9.17) is 16.3 Å². The molecule has 0 saturated carbocycles. The van der Waals surface area contributed by atoms with E-state index < -0.39 is 0 Å². The van der Waals surface area contributed by atoms with Crippen molar-refractivity contribution in [1.29, 1.82) is 0 Å². The number of hydrogen-bond acceptors (Lipinski definition) is 3. The Morgan fingerprint density at radius 2 is 1.62 bits per heavy atom. The number of carbonyl (C=O) groups is 1. The number of allylic oxidation sites excluding steroid dienone is 1. The zero-order chi connectivity index (χ0) is 20.6. The third kappa shape index (κ3) is 5.62. The first kappa shape index (κ1) is 20.5. The second-order valence-electron chi connectivity index (χ2n) is 6.47. The lowest BCUT2D eigenvalue weighted by molar-refractivity contribution is -0.114. The van der Waals surface area contributed by atoms with Crippen molar-refractivity contribution in [1.82, 2.24) is 0 Å². The number of rotatable bonds is 7. The van der Waals surface area contributed by atoms with Gasteiger partial charge in [-0.3, -0.25) is 4.79 Å². The summed E-state index contributed by atoms with van der Waals surface area (Å²) in [6, 6.07) is 22.6. The van der Waals surface area contributed by atoms with Crippen molar-refractivity contribution in [3.8, 4) is 11.5 Å². The molecule has 3 rings (SSSR count). The molecular formula is C24H23ClN2O2. The lowest BCUT2D eigenvalue weighted by Gasteiger charge is -2.22. The lowest BCUT2D eigenvalue weighted by Crippen LogP contribution is -2.14. The maximum Gasteiger partial charge on any atom is 0.221 e. The Balaban J connectivity index is 1.91. The molecule has 0 bridgehead atoms. The Morgan fingerprint density at radius 3 is 2.31 bits per heavy atom. The fraction of sp³-hybridized carbons (Fsp3) is 0.125. The van der Waals surface area contributed by atoms with Gasteiger partial charge in [-0.25, -0.2) is 0 Å². The minimum atomic E-state index is -0.155. The number of anilines is 2. The topological polar surface area (TPSA) is 50.4 Å². The van der Waals surface area contributed by atoms with Crippen molar-refractivity contribution >= 4 is 28.9 Å². The van der Waals surface area contributed by atoms with Crippen LogP contribution in [0.4, 0.5) is 11.4 Å². The fourth-order valence-electron chi connectivity index (χ4n) is 2.97. The summed E-state index contributed by atoms with van der Waals surface area (Å²) in [7, 11) is 0. The van der Waals surface area contributed by atoms with Crippen LogP contribution >= 0.6 is 11.6 Å². The first-order valence-corrected chi connectivity index (χ1v) is 9.73. The summed E-state index contributed by atoms with van der Waals surface area (Å²) in [4.78, 5) is 11.6. The van der Waals surface area contributed by atoms with Gasteiger partial charge in [-0.15, -0.1) is 0 Å². The summed E-state index contributed by atoms with van der Waals surface area (Å²) >= 11 is 5.96. The maximum atomic E-state index is 11.6. The van der Waals surface area contributed by atoms with Crippen LogP contribution in [0.15, 0.2) is 84.9 Å². The molecule has 0 heterocycles. The SMILES string of the molecule is C/C=C/C(Nc1ccccc1Oc1ccc(Cl)cc1)c1ccccc1NC(C)=O. The molecule has 0 aliphatic carbocycles. The first-order chi connectivity index (χ1) is 14.1. The summed E-state index contributed by atoms with van der Waals surface area (Å²) in [5, 5.41) is 7.08. The van der Waals surface area contributed by atoms with Crippen LogP contribution < -0.4 is 15.4 Å². The molecule has 148 valence electrons. The number of halogens is 1. The predicted octanol–water partition coefficient (Wildman–Crippen LogP) is 6.82. The van der Waals surface area contributed by atoms with Crippen LogP contribution in [0, 0.1) is 0 Å². The van der Waals surface area contributed by atoms with Gasteiger partial charge in [0.25, 0.3) is 0 Å². The molecule has 0 fully saturated rings. The zero-order valence-corrected chi connectivity index (χ0v) is 17.1. The molecule has 0 aliphatic heterocycles. The molecule has 1 atom stereocenters. The van der Waals surface area contributed by atoms with Crippen LogP contribution in [0.1, 0.15) is 25.5 Å². The van der Waals surface area contributed by atoms with Gasteiger partial charge in [-0.05, 0) is 49.4 Å². The van der Waals surface area contributed by atoms with Crippen molar-refractivity contribution in [3.63, 3.8) is 0 Å². The van der Waals surface area contributed by atoms with E-state index in [1.807, 2.05) is 79.7 Å². The Hall–Kier alpha value is -3.24. The molecule has 3 aromatic carbocycles. The van der Waals surface area contributed by atoms with Gasteiger partial charge in [0.05, 0.1) is 11.7 Å². The first-order valence-electron chi connectivity index (χ1n) is 9.35. The number of amides is 1. The molecule has 29 heavy (non-hydrogen) atoms. The molecular weight excluding hydrogens is 384 g/mol. The van der Waals surface area contributed by atoms with Gasteiger partial charge in [-0.2, -0.15) is 0 Å². The molecule has 1 unspecified atom stereocenters. The quantitative estimate of drug-likeness (QED) is 0.423. The second-order valence-corrected chi connectivity index (χ2v) is 6.90. The molecule has 0 aliphatic rings. The van der Waals surface area contributed by atoms with E-state index in [9.17, 15) is 4.79 Å². The van der Waals surface area contributed by atoms with E-state index in [1.165, 1.54) is 6.92 Å². The van der Waals surface area contributed by atoms with E-state index in [0.29, 0.717) is 16.5 Å². The van der Waals surface area contributed by atoms with Crippen LogP contribution in [-0.2, 0) is 4.79 Å². The molecule has 0 aromatic heterocycles. The van der Waals surface area contributed by atoms with E-state index in [-0.39, 0.29) is 11.9 Å². The highest BCUT2D eigenvalue weighted by molar-refractivity contribution is 6.30. The van der Waals surface area contributed by atoms with Crippen LogP contribution in [-0.4, -0.2) is 5.91 Å². The number of hydrogen-bond donors (Lipinski definition) is 2. The zero-order valence-electron chi connectivity index (χ0n) is 16.4. The van der Waals surface area contributed by atoms with Crippen molar-refractivity contribution in [2.45, 2.75) is 19.9 Å². The minimum Gasteiger partial charge on any atom is -0.455 e. The average molecular weight is 407 g/mol. The highest BCUT2D eigenvalue weighted by Gasteiger charge is 2.15. The number of nitrogens with one attached hydrogen (secondary N) is 2. The highest BCUT2D eigenvalue weighted by atomic mass is 35.5. The van der Waals surface area contributed by atoms with Crippen molar-refractivity contribution in [3.05, 3.63) is 95.5 Å². The summed E-state index contributed by atoms with van der Waals surface area (Å²) in [5.74, 6) is 1.29. The molecule has 0 radical (unpaired) electrons. The lowest BCUT2D eigenvalue weighted by atomic mass is 10.0. The maximum absolute atomic E-state index is 11.6. The van der Waals surface area contributed by atoms with Crippen molar-refractivity contribution in [2.75, 3.05) is 10.6 Å². The summed E-state index contributed by atoms with van der Waals surface area (Å²) in [5.41, 5.74) is 2.57. The second kappa shape index (κ2) is 9.80.